The topological polar surface area (TPSA) is 3.24 Å². The molecule has 0 amide bonds. The highest BCUT2D eigenvalue weighted by Gasteiger charge is 2.00. The van der Waals surface area contributed by atoms with Crippen LogP contribution in [0.15, 0.2) is 23.8 Å². The first kappa shape index (κ1) is 11.5. The summed E-state index contributed by atoms with van der Waals surface area (Å²) < 4.78 is 0. The van der Waals surface area contributed by atoms with Crippen molar-refractivity contribution in [3.63, 3.8) is 0 Å². The van der Waals surface area contributed by atoms with Gasteiger partial charge in [0.2, 0.25) is 0 Å². The molecule has 0 radical (unpaired) electrons. The van der Waals surface area contributed by atoms with Crippen LogP contribution in [0.1, 0.15) is 39.5 Å². The second-order valence-corrected chi connectivity index (χ2v) is 3.89. The van der Waals surface area contributed by atoms with E-state index in [0.717, 1.165) is 0 Å². The largest absolute Gasteiger partial charge is 0.304 e. The van der Waals surface area contributed by atoms with Crippen molar-refractivity contribution in [1.29, 1.82) is 0 Å². The summed E-state index contributed by atoms with van der Waals surface area (Å²) in [6, 6.07) is 0. The molecule has 0 bridgehead atoms. The molecule has 1 aliphatic carbocycles. The summed E-state index contributed by atoms with van der Waals surface area (Å²) in [6.07, 6.45) is 12.0. The molecule has 0 spiro atoms. The van der Waals surface area contributed by atoms with E-state index in [0.29, 0.717) is 0 Å². The molecule has 1 rings (SSSR count). The average Bonchev–Trinajstić information content (AvgIpc) is 2.26. The molecule has 14 heavy (non-hydrogen) atoms. The first-order valence-corrected chi connectivity index (χ1v) is 5.94. The lowest BCUT2D eigenvalue weighted by Crippen LogP contribution is -2.23. The van der Waals surface area contributed by atoms with Gasteiger partial charge in [-0.25, -0.2) is 0 Å². The highest BCUT2D eigenvalue weighted by Crippen LogP contribution is 2.14. The molecular weight excluding hydrogens is 170 g/mol. The highest BCUT2D eigenvalue weighted by molar-refractivity contribution is 5.21. The van der Waals surface area contributed by atoms with Gasteiger partial charge in [0.25, 0.3) is 0 Å². The SMILES string of the molecule is CCN(CC)CCCC1=CCCC=C1. The quantitative estimate of drug-likeness (QED) is 0.625. The Kier molecular flexibility index (Phi) is 5.62. The zero-order chi connectivity index (χ0) is 10.2. The van der Waals surface area contributed by atoms with E-state index in [4.69, 9.17) is 0 Å². The Morgan fingerprint density at radius 3 is 2.57 bits per heavy atom. The minimum Gasteiger partial charge on any atom is -0.304 e. The standard InChI is InChI=1S/C13H23N/c1-3-14(4-2)12-8-11-13-9-6-5-7-10-13/h6,9-10H,3-5,7-8,11-12H2,1-2H3. The first-order chi connectivity index (χ1) is 6.86. The summed E-state index contributed by atoms with van der Waals surface area (Å²) in [7, 11) is 0. The molecule has 0 aliphatic heterocycles. The van der Waals surface area contributed by atoms with E-state index < -0.39 is 0 Å². The van der Waals surface area contributed by atoms with Crippen LogP contribution >= 0.6 is 0 Å². The predicted octanol–water partition coefficient (Wildman–Crippen LogP) is 3.38. The molecule has 0 fully saturated rings. The highest BCUT2D eigenvalue weighted by atomic mass is 15.1. The Balaban J connectivity index is 2.14. The van der Waals surface area contributed by atoms with Gasteiger partial charge >= 0.3 is 0 Å². The molecule has 0 aromatic rings. The summed E-state index contributed by atoms with van der Waals surface area (Å²) >= 11 is 0. The van der Waals surface area contributed by atoms with Gasteiger partial charge in [0.05, 0.1) is 0 Å². The summed E-state index contributed by atoms with van der Waals surface area (Å²) in [4.78, 5) is 2.49. The summed E-state index contributed by atoms with van der Waals surface area (Å²) in [5.41, 5.74) is 1.54. The fourth-order valence-corrected chi connectivity index (χ4v) is 1.90. The van der Waals surface area contributed by atoms with Crippen molar-refractivity contribution in [3.8, 4) is 0 Å². The van der Waals surface area contributed by atoms with Crippen molar-refractivity contribution in [2.24, 2.45) is 0 Å². The van der Waals surface area contributed by atoms with Crippen LogP contribution < -0.4 is 0 Å². The second-order valence-electron chi connectivity index (χ2n) is 3.89. The van der Waals surface area contributed by atoms with Crippen LogP contribution in [0.4, 0.5) is 0 Å². The third kappa shape index (κ3) is 4.10. The molecule has 1 aliphatic rings. The van der Waals surface area contributed by atoms with Gasteiger partial charge in [-0.15, -0.1) is 0 Å². The van der Waals surface area contributed by atoms with E-state index in [1.165, 1.54) is 45.3 Å². The number of rotatable bonds is 6. The summed E-state index contributed by atoms with van der Waals surface area (Å²) in [5.74, 6) is 0. The zero-order valence-electron chi connectivity index (χ0n) is 9.63. The van der Waals surface area contributed by atoms with Gasteiger partial charge in [0.1, 0.15) is 0 Å². The molecular formula is C13H23N. The molecule has 1 nitrogen and oxygen atoms in total. The molecule has 0 aromatic heterocycles. The van der Waals surface area contributed by atoms with Crippen molar-refractivity contribution in [2.75, 3.05) is 19.6 Å². The fraction of sp³-hybridized carbons (Fsp3) is 0.692. The van der Waals surface area contributed by atoms with Crippen LogP contribution in [0.2, 0.25) is 0 Å². The predicted molar refractivity (Wildman–Crippen MR) is 63.5 cm³/mol. The smallest absolute Gasteiger partial charge is 0.00158 e. The molecule has 0 heterocycles. The van der Waals surface area contributed by atoms with Crippen LogP contribution in [0, 0.1) is 0 Å². The molecule has 0 saturated carbocycles. The Hall–Kier alpha value is -0.560. The van der Waals surface area contributed by atoms with E-state index >= 15 is 0 Å². The average molecular weight is 193 g/mol. The third-order valence-corrected chi connectivity index (χ3v) is 2.91. The normalized spacial score (nSPS) is 16.1. The summed E-state index contributed by atoms with van der Waals surface area (Å²) in [6.45, 7) is 8.10. The van der Waals surface area contributed by atoms with E-state index in [1.807, 2.05) is 0 Å². The first-order valence-electron chi connectivity index (χ1n) is 5.94. The molecule has 1 heteroatoms. The number of hydrogen-bond acceptors (Lipinski definition) is 1. The molecule has 0 unspecified atom stereocenters. The molecule has 0 atom stereocenters. The van der Waals surface area contributed by atoms with E-state index in [9.17, 15) is 0 Å². The zero-order valence-corrected chi connectivity index (χ0v) is 9.63. The van der Waals surface area contributed by atoms with E-state index in [2.05, 4.69) is 37.0 Å². The van der Waals surface area contributed by atoms with Gasteiger partial charge in [-0.05, 0) is 45.3 Å². The Bertz CT molecular complexity index is 199. The van der Waals surface area contributed by atoms with Crippen molar-refractivity contribution in [3.05, 3.63) is 23.8 Å². The van der Waals surface area contributed by atoms with Crippen LogP contribution in [0.5, 0.6) is 0 Å². The maximum absolute atomic E-state index is 2.49. The minimum absolute atomic E-state index is 1.19. The maximum Gasteiger partial charge on any atom is -0.00158 e. The van der Waals surface area contributed by atoms with Crippen LogP contribution in [0.25, 0.3) is 0 Å². The number of allylic oxidation sites excluding steroid dienone is 4. The Morgan fingerprint density at radius 2 is 2.00 bits per heavy atom. The van der Waals surface area contributed by atoms with E-state index in [1.54, 1.807) is 5.57 Å². The van der Waals surface area contributed by atoms with Gasteiger partial charge in [-0.3, -0.25) is 0 Å². The molecule has 0 aromatic carbocycles. The van der Waals surface area contributed by atoms with Gasteiger partial charge in [-0.2, -0.15) is 0 Å². The Morgan fingerprint density at radius 1 is 1.21 bits per heavy atom. The summed E-state index contributed by atoms with van der Waals surface area (Å²) in [5, 5.41) is 0. The van der Waals surface area contributed by atoms with Crippen molar-refractivity contribution < 1.29 is 0 Å². The van der Waals surface area contributed by atoms with E-state index in [-0.39, 0.29) is 0 Å². The van der Waals surface area contributed by atoms with Crippen molar-refractivity contribution in [1.82, 2.24) is 4.90 Å². The molecule has 80 valence electrons. The van der Waals surface area contributed by atoms with Crippen molar-refractivity contribution >= 4 is 0 Å². The minimum atomic E-state index is 1.19. The second kappa shape index (κ2) is 6.83. The van der Waals surface area contributed by atoms with Crippen LogP contribution in [-0.2, 0) is 0 Å². The molecule has 0 saturated heterocycles. The number of hydrogen-bond donors (Lipinski definition) is 0. The van der Waals surface area contributed by atoms with Gasteiger partial charge in [-0.1, -0.05) is 37.6 Å². The lowest BCUT2D eigenvalue weighted by atomic mass is 10.0. The van der Waals surface area contributed by atoms with Crippen LogP contribution in [0.3, 0.4) is 0 Å². The van der Waals surface area contributed by atoms with Gasteiger partial charge in [0.15, 0.2) is 0 Å². The van der Waals surface area contributed by atoms with Gasteiger partial charge in [0, 0.05) is 0 Å². The lowest BCUT2D eigenvalue weighted by molar-refractivity contribution is 0.300. The van der Waals surface area contributed by atoms with Crippen molar-refractivity contribution in [2.45, 2.75) is 39.5 Å². The lowest BCUT2D eigenvalue weighted by Gasteiger charge is -2.18. The van der Waals surface area contributed by atoms with Crippen LogP contribution in [-0.4, -0.2) is 24.5 Å². The fourth-order valence-electron chi connectivity index (χ4n) is 1.90. The Labute approximate surface area is 88.5 Å². The molecule has 0 N–H and O–H groups in total. The monoisotopic (exact) mass is 193 g/mol. The number of nitrogens with zero attached hydrogens (tertiary/aromatic N) is 1. The third-order valence-electron chi connectivity index (χ3n) is 2.91. The maximum atomic E-state index is 2.49. The van der Waals surface area contributed by atoms with Gasteiger partial charge < -0.3 is 4.90 Å².